The van der Waals surface area contributed by atoms with Gasteiger partial charge in [-0.25, -0.2) is 13.1 Å². The maximum atomic E-state index is 11.8. The van der Waals surface area contributed by atoms with E-state index in [9.17, 15) is 18.5 Å². The van der Waals surface area contributed by atoms with Crippen molar-refractivity contribution in [2.75, 3.05) is 12.4 Å². The molecule has 0 saturated carbocycles. The van der Waals surface area contributed by atoms with Crippen molar-refractivity contribution in [3.05, 3.63) is 46.5 Å². The molecule has 6 nitrogen and oxygen atoms in total. The smallest absolute Gasteiger partial charge is 0.258 e. The zero-order valence-corrected chi connectivity index (χ0v) is 10.8. The van der Waals surface area contributed by atoms with Crippen LogP contribution in [0.1, 0.15) is 0 Å². The van der Waals surface area contributed by atoms with Crippen molar-refractivity contribution in [1.29, 1.82) is 0 Å². The van der Waals surface area contributed by atoms with Crippen molar-refractivity contribution in [2.45, 2.75) is 4.90 Å². The average Bonchev–Trinajstić information content (AvgIpc) is 2.35. The highest BCUT2D eigenvalue weighted by Crippen LogP contribution is 2.22. The minimum atomic E-state index is -3.90. The number of para-hydroxylation sites is 1. The molecule has 0 amide bonds. The van der Waals surface area contributed by atoms with Gasteiger partial charge in [0.05, 0.1) is 4.92 Å². The summed E-state index contributed by atoms with van der Waals surface area (Å²) in [5.74, 6) is 0.271. The molecule has 1 aromatic rings. The number of nitro benzene ring substituents is 1. The van der Waals surface area contributed by atoms with Crippen molar-refractivity contribution in [1.82, 2.24) is 4.72 Å². The summed E-state index contributed by atoms with van der Waals surface area (Å²) in [7, 11) is -3.90. The van der Waals surface area contributed by atoms with Gasteiger partial charge in [0.25, 0.3) is 5.69 Å². The molecule has 18 heavy (non-hydrogen) atoms. The number of hydrogen-bond donors (Lipinski definition) is 1. The molecular weight excluding hydrogens is 280 g/mol. The number of rotatable bonds is 6. The van der Waals surface area contributed by atoms with Crippen molar-refractivity contribution in [3.8, 4) is 0 Å². The highest BCUT2D eigenvalue weighted by Gasteiger charge is 2.24. The Morgan fingerprint density at radius 3 is 2.61 bits per heavy atom. The Morgan fingerprint density at radius 1 is 1.33 bits per heavy atom. The number of halogens is 1. The molecule has 0 aliphatic heterocycles. The van der Waals surface area contributed by atoms with Gasteiger partial charge in [0.1, 0.15) is 0 Å². The van der Waals surface area contributed by atoms with Gasteiger partial charge in [0.15, 0.2) is 4.90 Å². The Morgan fingerprint density at radius 2 is 2.00 bits per heavy atom. The van der Waals surface area contributed by atoms with Crippen LogP contribution < -0.4 is 4.72 Å². The Hall–Kier alpha value is -1.44. The maximum absolute atomic E-state index is 11.8. The van der Waals surface area contributed by atoms with E-state index in [-0.39, 0.29) is 17.3 Å². The van der Waals surface area contributed by atoms with Gasteiger partial charge in [0.2, 0.25) is 10.0 Å². The van der Waals surface area contributed by atoms with E-state index in [0.29, 0.717) is 0 Å². The molecule has 1 rings (SSSR count). The Labute approximate surface area is 109 Å². The second-order valence-electron chi connectivity index (χ2n) is 3.20. The summed E-state index contributed by atoms with van der Waals surface area (Å²) in [5, 5.41) is 10.7. The van der Waals surface area contributed by atoms with Crippen LogP contribution in [0.5, 0.6) is 0 Å². The first-order chi connectivity index (χ1) is 8.49. The quantitative estimate of drug-likeness (QED) is 0.373. The molecule has 98 valence electrons. The molecule has 0 fully saturated rings. The number of alkyl halides is 1. The lowest BCUT2D eigenvalue weighted by atomic mass is 10.3. The van der Waals surface area contributed by atoms with Crippen LogP contribution in [0.4, 0.5) is 5.69 Å². The number of sulfonamides is 1. The molecule has 0 aliphatic rings. The largest absolute Gasteiger partial charge is 0.289 e. The second kappa shape index (κ2) is 6.48. The summed E-state index contributed by atoms with van der Waals surface area (Å²) in [6.07, 6.45) is 3.10. The molecule has 8 heteroatoms. The van der Waals surface area contributed by atoms with Crippen molar-refractivity contribution >= 4 is 27.3 Å². The van der Waals surface area contributed by atoms with Gasteiger partial charge in [-0.05, 0) is 6.07 Å². The average molecular weight is 291 g/mol. The molecule has 0 aliphatic carbocycles. The third-order valence-electron chi connectivity index (χ3n) is 2.00. The highest BCUT2D eigenvalue weighted by molar-refractivity contribution is 7.89. The SMILES string of the molecule is O=[N+]([O-])c1ccccc1S(=O)(=O)NC/C=C/CCl. The maximum Gasteiger partial charge on any atom is 0.289 e. The van der Waals surface area contributed by atoms with E-state index in [1.165, 1.54) is 24.3 Å². The van der Waals surface area contributed by atoms with Crippen LogP contribution in [0, 0.1) is 10.1 Å². The van der Waals surface area contributed by atoms with Gasteiger partial charge >= 0.3 is 0 Å². The van der Waals surface area contributed by atoms with Crippen molar-refractivity contribution in [3.63, 3.8) is 0 Å². The van der Waals surface area contributed by atoms with Gasteiger partial charge in [-0.15, -0.1) is 11.6 Å². The van der Waals surface area contributed by atoms with E-state index in [1.54, 1.807) is 6.08 Å². The van der Waals surface area contributed by atoms with Crippen molar-refractivity contribution < 1.29 is 13.3 Å². The molecular formula is C10H11ClN2O4S. The summed E-state index contributed by atoms with van der Waals surface area (Å²) < 4.78 is 25.9. The summed E-state index contributed by atoms with van der Waals surface area (Å²) >= 11 is 5.38. The summed E-state index contributed by atoms with van der Waals surface area (Å²) in [4.78, 5) is 9.64. The van der Waals surface area contributed by atoms with Crippen LogP contribution in [0.3, 0.4) is 0 Å². The monoisotopic (exact) mass is 290 g/mol. The van der Waals surface area contributed by atoms with Crippen molar-refractivity contribution in [2.24, 2.45) is 0 Å². The van der Waals surface area contributed by atoms with Crippen LogP contribution in [0.25, 0.3) is 0 Å². The standard InChI is InChI=1S/C10H11ClN2O4S/c11-7-3-4-8-12-18(16,17)10-6-2-1-5-9(10)13(14)15/h1-6,12H,7-8H2/b4-3+. The van der Waals surface area contributed by atoms with Crippen LogP contribution in [-0.2, 0) is 10.0 Å². The van der Waals surface area contributed by atoms with Gasteiger partial charge < -0.3 is 0 Å². The normalized spacial score (nSPS) is 11.8. The molecule has 0 heterocycles. The van der Waals surface area contributed by atoms with Gasteiger partial charge in [-0.1, -0.05) is 24.3 Å². The number of allylic oxidation sites excluding steroid dienone is 1. The first-order valence-corrected chi connectivity index (χ1v) is 6.95. The number of benzene rings is 1. The summed E-state index contributed by atoms with van der Waals surface area (Å²) in [6, 6.07) is 5.16. The minimum Gasteiger partial charge on any atom is -0.258 e. The topological polar surface area (TPSA) is 89.3 Å². The van der Waals surface area contributed by atoms with E-state index in [1.807, 2.05) is 0 Å². The second-order valence-corrected chi connectivity index (χ2v) is 5.25. The predicted molar refractivity (Wildman–Crippen MR) is 68.1 cm³/mol. The van der Waals surface area contributed by atoms with Crippen LogP contribution in [-0.4, -0.2) is 25.8 Å². The molecule has 0 radical (unpaired) electrons. The fraction of sp³-hybridized carbons (Fsp3) is 0.200. The summed E-state index contributed by atoms with van der Waals surface area (Å²) in [6.45, 7) is 0.0289. The van der Waals surface area contributed by atoms with Gasteiger partial charge in [0, 0.05) is 18.5 Å². The van der Waals surface area contributed by atoms with Crippen LogP contribution >= 0.6 is 11.6 Å². The Kier molecular flexibility index (Phi) is 5.26. The summed E-state index contributed by atoms with van der Waals surface area (Å²) in [5.41, 5.74) is -0.452. The number of hydrogen-bond acceptors (Lipinski definition) is 4. The predicted octanol–water partition coefficient (Wildman–Crippen LogP) is 1.67. The van der Waals surface area contributed by atoms with E-state index in [0.717, 1.165) is 6.07 Å². The first kappa shape index (κ1) is 14.6. The fourth-order valence-corrected chi connectivity index (χ4v) is 2.49. The number of nitrogens with one attached hydrogen (secondary N) is 1. The van der Waals surface area contributed by atoms with E-state index >= 15 is 0 Å². The first-order valence-electron chi connectivity index (χ1n) is 4.93. The zero-order valence-electron chi connectivity index (χ0n) is 9.24. The zero-order chi connectivity index (χ0) is 13.6. The van der Waals surface area contributed by atoms with Gasteiger partial charge in [-0.3, -0.25) is 10.1 Å². The molecule has 0 aromatic heterocycles. The molecule has 0 unspecified atom stereocenters. The third kappa shape index (κ3) is 3.80. The molecule has 0 saturated heterocycles. The van der Waals surface area contributed by atoms with E-state index in [4.69, 9.17) is 11.6 Å². The highest BCUT2D eigenvalue weighted by atomic mass is 35.5. The third-order valence-corrected chi connectivity index (χ3v) is 3.65. The molecule has 1 N–H and O–H groups in total. The molecule has 0 spiro atoms. The minimum absolute atomic E-state index is 0.0289. The van der Waals surface area contributed by atoms with Crippen LogP contribution in [0.15, 0.2) is 41.3 Å². The fourth-order valence-electron chi connectivity index (χ4n) is 1.22. The lowest BCUT2D eigenvalue weighted by Crippen LogP contribution is -2.24. The number of nitrogens with zero attached hydrogens (tertiary/aromatic N) is 1. The lowest BCUT2D eigenvalue weighted by Gasteiger charge is -2.04. The number of nitro groups is 1. The van der Waals surface area contributed by atoms with E-state index in [2.05, 4.69) is 4.72 Å². The molecule has 0 atom stereocenters. The Balaban J connectivity index is 2.98. The Bertz CT molecular complexity index is 557. The molecule has 1 aromatic carbocycles. The van der Waals surface area contributed by atoms with Gasteiger partial charge in [-0.2, -0.15) is 0 Å². The van der Waals surface area contributed by atoms with E-state index < -0.39 is 20.6 Å². The molecule has 0 bridgehead atoms. The lowest BCUT2D eigenvalue weighted by molar-refractivity contribution is -0.387. The van der Waals surface area contributed by atoms with Crippen LogP contribution in [0.2, 0.25) is 0 Å².